The SMILES string of the molecule is C=C1/C(=C/C=C2\CCC[C@]3(C)C([C@H](C)/C=C/[C@H](O)C4CC4)CC[C@@H]23)C[C@@H](C)C[C@@H]1C. The van der Waals surface area contributed by atoms with Crippen molar-refractivity contribution in [3.05, 3.63) is 47.6 Å². The first-order chi connectivity index (χ1) is 14.3. The number of aliphatic hydroxyl groups excluding tert-OH is 1. The van der Waals surface area contributed by atoms with Crippen molar-refractivity contribution in [3.8, 4) is 0 Å². The van der Waals surface area contributed by atoms with Crippen molar-refractivity contribution in [2.24, 2.45) is 40.9 Å². The third-order valence-corrected chi connectivity index (χ3v) is 9.22. The predicted molar refractivity (Wildman–Crippen MR) is 128 cm³/mol. The average Bonchev–Trinajstić information content (AvgIpc) is 3.49. The van der Waals surface area contributed by atoms with E-state index in [1.807, 2.05) is 0 Å². The summed E-state index contributed by atoms with van der Waals surface area (Å²) >= 11 is 0. The highest BCUT2D eigenvalue weighted by Crippen LogP contribution is 2.59. The van der Waals surface area contributed by atoms with E-state index >= 15 is 0 Å². The lowest BCUT2D eigenvalue weighted by Crippen LogP contribution is -2.35. The second kappa shape index (κ2) is 8.81. The molecule has 7 atom stereocenters. The predicted octanol–water partition coefficient (Wildman–Crippen LogP) is 7.64. The van der Waals surface area contributed by atoms with Gasteiger partial charge in [0, 0.05) is 0 Å². The van der Waals surface area contributed by atoms with Crippen LogP contribution < -0.4 is 0 Å². The fraction of sp³-hybridized carbons (Fsp3) is 0.724. The molecular weight excluding hydrogens is 364 g/mol. The van der Waals surface area contributed by atoms with Gasteiger partial charge in [0.25, 0.3) is 0 Å². The number of hydrogen-bond donors (Lipinski definition) is 1. The molecule has 0 spiro atoms. The Balaban J connectivity index is 1.48. The molecule has 4 rings (SSSR count). The van der Waals surface area contributed by atoms with Crippen LogP contribution in [0.1, 0.15) is 85.5 Å². The normalized spacial score (nSPS) is 42.1. The molecule has 0 aromatic carbocycles. The van der Waals surface area contributed by atoms with E-state index in [9.17, 15) is 5.11 Å². The van der Waals surface area contributed by atoms with Crippen molar-refractivity contribution in [1.82, 2.24) is 0 Å². The molecule has 30 heavy (non-hydrogen) atoms. The summed E-state index contributed by atoms with van der Waals surface area (Å²) in [6, 6.07) is 0. The summed E-state index contributed by atoms with van der Waals surface area (Å²) in [6.07, 6.45) is 20.7. The third-order valence-electron chi connectivity index (χ3n) is 9.22. The van der Waals surface area contributed by atoms with Gasteiger partial charge in [0.05, 0.1) is 6.10 Å². The molecular formula is C29H44O. The Morgan fingerprint density at radius 3 is 2.60 bits per heavy atom. The molecule has 1 N–H and O–H groups in total. The molecule has 0 radical (unpaired) electrons. The summed E-state index contributed by atoms with van der Waals surface area (Å²) in [5.74, 6) is 3.99. The molecule has 4 aliphatic carbocycles. The van der Waals surface area contributed by atoms with Gasteiger partial charge in [0.15, 0.2) is 0 Å². The van der Waals surface area contributed by atoms with Crippen molar-refractivity contribution in [1.29, 1.82) is 0 Å². The smallest absolute Gasteiger partial charge is 0.0749 e. The van der Waals surface area contributed by atoms with Crippen molar-refractivity contribution < 1.29 is 5.11 Å². The highest BCUT2D eigenvalue weighted by molar-refractivity contribution is 5.37. The maximum atomic E-state index is 10.3. The summed E-state index contributed by atoms with van der Waals surface area (Å²) < 4.78 is 0. The largest absolute Gasteiger partial charge is 0.389 e. The van der Waals surface area contributed by atoms with E-state index < -0.39 is 0 Å². The molecule has 0 saturated heterocycles. The third kappa shape index (κ3) is 4.43. The van der Waals surface area contributed by atoms with Crippen LogP contribution in [0.3, 0.4) is 0 Å². The van der Waals surface area contributed by atoms with E-state index in [1.165, 1.54) is 68.9 Å². The summed E-state index contributed by atoms with van der Waals surface area (Å²) in [5, 5.41) is 10.3. The van der Waals surface area contributed by atoms with Crippen molar-refractivity contribution in [2.45, 2.75) is 91.6 Å². The van der Waals surface area contributed by atoms with Gasteiger partial charge in [0.1, 0.15) is 0 Å². The fourth-order valence-electron chi connectivity index (χ4n) is 7.20. The average molecular weight is 409 g/mol. The Morgan fingerprint density at radius 1 is 1.10 bits per heavy atom. The number of hydrogen-bond acceptors (Lipinski definition) is 1. The monoisotopic (exact) mass is 408 g/mol. The standard InChI is InChI=1S/C29H44O/c1-19-17-21(3)22(4)25(18-19)12-9-23-7-6-16-29(5)26(13-14-27(23)29)20(2)8-15-28(30)24-10-11-24/h8-9,12,15,19-21,24,26-28,30H,4,6-7,10-11,13-14,16-18H2,1-3,5H3/b15-8+,23-9+,25-12+/t19-,20+,21-,26?,27-,28-,29+/m0/s1. The van der Waals surface area contributed by atoms with Gasteiger partial charge in [-0.15, -0.1) is 0 Å². The van der Waals surface area contributed by atoms with Gasteiger partial charge in [-0.05, 0) is 110 Å². The molecule has 1 heteroatoms. The molecule has 0 aromatic rings. The molecule has 1 nitrogen and oxygen atoms in total. The maximum Gasteiger partial charge on any atom is 0.0749 e. The molecule has 4 aliphatic rings. The van der Waals surface area contributed by atoms with Crippen LogP contribution in [-0.4, -0.2) is 11.2 Å². The van der Waals surface area contributed by atoms with Crippen molar-refractivity contribution in [2.75, 3.05) is 0 Å². The Labute approximate surface area is 185 Å². The van der Waals surface area contributed by atoms with Crippen LogP contribution >= 0.6 is 0 Å². The first-order valence-corrected chi connectivity index (χ1v) is 12.7. The number of allylic oxidation sites excluding steroid dienone is 6. The molecule has 1 unspecified atom stereocenters. The summed E-state index contributed by atoms with van der Waals surface area (Å²) in [5.41, 5.74) is 4.99. The fourth-order valence-corrected chi connectivity index (χ4v) is 7.20. The van der Waals surface area contributed by atoms with Gasteiger partial charge in [-0.3, -0.25) is 0 Å². The Kier molecular flexibility index (Phi) is 6.50. The lowest BCUT2D eigenvalue weighted by Gasteiger charge is -2.44. The van der Waals surface area contributed by atoms with Crippen LogP contribution in [0.5, 0.6) is 0 Å². The van der Waals surface area contributed by atoms with Crippen LogP contribution in [-0.2, 0) is 0 Å². The van der Waals surface area contributed by atoms with E-state index in [0.717, 1.165) is 17.8 Å². The van der Waals surface area contributed by atoms with E-state index in [4.69, 9.17) is 0 Å². The lowest BCUT2D eigenvalue weighted by atomic mass is 9.61. The van der Waals surface area contributed by atoms with Gasteiger partial charge < -0.3 is 5.11 Å². The van der Waals surface area contributed by atoms with Gasteiger partial charge >= 0.3 is 0 Å². The molecule has 0 aliphatic heterocycles. The summed E-state index contributed by atoms with van der Waals surface area (Å²) in [6.45, 7) is 14.1. The number of aliphatic hydroxyl groups is 1. The Bertz CT molecular complexity index is 735. The minimum Gasteiger partial charge on any atom is -0.389 e. The molecule has 166 valence electrons. The highest BCUT2D eigenvalue weighted by atomic mass is 16.3. The van der Waals surface area contributed by atoms with Gasteiger partial charge in [0.2, 0.25) is 0 Å². The molecule has 0 aromatic heterocycles. The van der Waals surface area contributed by atoms with Crippen LogP contribution in [0.25, 0.3) is 0 Å². The number of rotatable bonds is 5. The number of fused-ring (bicyclic) bond motifs is 1. The maximum absolute atomic E-state index is 10.3. The van der Waals surface area contributed by atoms with Gasteiger partial charge in [-0.2, -0.15) is 0 Å². The van der Waals surface area contributed by atoms with Crippen LogP contribution in [0.2, 0.25) is 0 Å². The van der Waals surface area contributed by atoms with E-state index in [2.05, 4.69) is 58.6 Å². The van der Waals surface area contributed by atoms with Crippen molar-refractivity contribution >= 4 is 0 Å². The second-order valence-electron chi connectivity index (χ2n) is 11.6. The second-order valence-corrected chi connectivity index (χ2v) is 11.6. The minimum atomic E-state index is -0.209. The topological polar surface area (TPSA) is 20.2 Å². The zero-order chi connectivity index (χ0) is 21.5. The van der Waals surface area contributed by atoms with E-state index in [1.54, 1.807) is 5.57 Å². The minimum absolute atomic E-state index is 0.209. The summed E-state index contributed by atoms with van der Waals surface area (Å²) in [7, 11) is 0. The highest BCUT2D eigenvalue weighted by Gasteiger charge is 2.50. The molecule has 4 saturated carbocycles. The zero-order valence-corrected chi connectivity index (χ0v) is 19.9. The van der Waals surface area contributed by atoms with Crippen LogP contribution in [0, 0.1) is 40.9 Å². The Morgan fingerprint density at radius 2 is 1.87 bits per heavy atom. The first-order valence-electron chi connectivity index (χ1n) is 12.7. The van der Waals surface area contributed by atoms with Crippen molar-refractivity contribution in [3.63, 3.8) is 0 Å². The zero-order valence-electron chi connectivity index (χ0n) is 19.9. The molecule has 4 fully saturated rings. The lowest BCUT2D eigenvalue weighted by molar-refractivity contribution is 0.111. The van der Waals surface area contributed by atoms with Gasteiger partial charge in [-0.1, -0.05) is 64.2 Å². The van der Waals surface area contributed by atoms with Gasteiger partial charge in [-0.25, -0.2) is 0 Å². The Hall–Kier alpha value is -1.08. The molecule has 0 bridgehead atoms. The van der Waals surface area contributed by atoms with E-state index in [0.29, 0.717) is 23.2 Å². The first kappa shape index (κ1) is 22.1. The summed E-state index contributed by atoms with van der Waals surface area (Å²) in [4.78, 5) is 0. The quantitative estimate of drug-likeness (QED) is 0.463. The van der Waals surface area contributed by atoms with Crippen LogP contribution in [0.15, 0.2) is 47.6 Å². The molecule has 0 heterocycles. The van der Waals surface area contributed by atoms with Crippen LogP contribution in [0.4, 0.5) is 0 Å². The molecule has 0 amide bonds. The van der Waals surface area contributed by atoms with E-state index in [-0.39, 0.29) is 6.10 Å².